The first kappa shape index (κ1) is 10.4. The summed E-state index contributed by atoms with van der Waals surface area (Å²) in [5.74, 6) is 0. The quantitative estimate of drug-likeness (QED) is 0.616. The molecule has 1 aliphatic rings. The number of amides is 1. The van der Waals surface area contributed by atoms with Crippen molar-refractivity contribution in [2.24, 2.45) is 0 Å². The Morgan fingerprint density at radius 1 is 1.67 bits per heavy atom. The third-order valence-electron chi connectivity index (χ3n) is 2.96. The number of rotatable bonds is 2. The number of H-pyrrole nitrogens is 1. The minimum atomic E-state index is 0.231. The number of likely N-dealkylation sites (tertiary alicyclic amines) is 1. The fourth-order valence-corrected chi connectivity index (χ4v) is 2.43. The van der Waals surface area contributed by atoms with Crippen molar-refractivity contribution in [1.82, 2.24) is 9.88 Å². The molecule has 0 aromatic carbocycles. The molecule has 3 nitrogen and oxygen atoms in total. The highest BCUT2D eigenvalue weighted by Gasteiger charge is 2.25. The van der Waals surface area contributed by atoms with Gasteiger partial charge in [-0.05, 0) is 37.0 Å². The number of nitrogens with zero attached hydrogens (tertiary/aromatic N) is 1. The minimum absolute atomic E-state index is 0.231. The summed E-state index contributed by atoms with van der Waals surface area (Å²) < 4.78 is 0.742. The highest BCUT2D eigenvalue weighted by atomic mass is 32.1. The molecular weight excluding hydrogens is 208 g/mol. The van der Waals surface area contributed by atoms with Gasteiger partial charge in [-0.15, -0.1) is 0 Å². The largest absolute Gasteiger partial charge is 0.353 e. The van der Waals surface area contributed by atoms with Crippen LogP contribution in [0.4, 0.5) is 0 Å². The summed E-state index contributed by atoms with van der Waals surface area (Å²) in [5, 5.41) is 0. The van der Waals surface area contributed by atoms with Crippen molar-refractivity contribution in [2.45, 2.75) is 25.8 Å². The van der Waals surface area contributed by atoms with Gasteiger partial charge in [0.25, 0.3) is 0 Å². The molecule has 1 saturated heterocycles. The van der Waals surface area contributed by atoms with Crippen LogP contribution in [0.15, 0.2) is 12.3 Å². The van der Waals surface area contributed by atoms with E-state index in [0.29, 0.717) is 0 Å². The number of hydrogen-bond donors (Lipinski definition) is 1. The lowest BCUT2D eigenvalue weighted by Crippen LogP contribution is -2.21. The Morgan fingerprint density at radius 2 is 2.47 bits per heavy atom. The van der Waals surface area contributed by atoms with Crippen LogP contribution < -0.4 is 0 Å². The van der Waals surface area contributed by atoms with Gasteiger partial charge in [0.15, 0.2) is 0 Å². The summed E-state index contributed by atoms with van der Waals surface area (Å²) in [6.07, 6.45) is 5.01. The molecular formula is C11H14N2OS. The molecule has 1 atom stereocenters. The maximum atomic E-state index is 10.9. The number of aromatic nitrogens is 1. The van der Waals surface area contributed by atoms with Crippen LogP contribution in [0.3, 0.4) is 0 Å². The van der Waals surface area contributed by atoms with E-state index in [9.17, 15) is 4.79 Å². The van der Waals surface area contributed by atoms with Gasteiger partial charge in [0, 0.05) is 12.7 Å². The first-order valence-corrected chi connectivity index (χ1v) is 5.53. The number of aryl methyl sites for hydroxylation is 1. The highest BCUT2D eigenvalue weighted by molar-refractivity contribution is 7.71. The molecule has 0 unspecified atom stereocenters. The van der Waals surface area contributed by atoms with Crippen LogP contribution in [0, 0.1) is 11.6 Å². The third-order valence-corrected chi connectivity index (χ3v) is 3.20. The van der Waals surface area contributed by atoms with Crippen molar-refractivity contribution in [3.8, 4) is 0 Å². The molecule has 2 rings (SSSR count). The van der Waals surface area contributed by atoms with Crippen molar-refractivity contribution in [1.29, 1.82) is 0 Å². The van der Waals surface area contributed by atoms with E-state index in [1.54, 1.807) is 0 Å². The maximum absolute atomic E-state index is 10.9. The highest BCUT2D eigenvalue weighted by Crippen LogP contribution is 2.31. The molecule has 0 radical (unpaired) electrons. The van der Waals surface area contributed by atoms with Crippen LogP contribution in [0.1, 0.15) is 30.0 Å². The van der Waals surface area contributed by atoms with E-state index in [2.05, 4.69) is 4.98 Å². The van der Waals surface area contributed by atoms with E-state index in [1.807, 2.05) is 24.1 Å². The van der Waals surface area contributed by atoms with Gasteiger partial charge in [-0.1, -0.05) is 12.2 Å². The number of aromatic amines is 1. The monoisotopic (exact) mass is 222 g/mol. The Bertz CT molecular complexity index is 427. The van der Waals surface area contributed by atoms with Gasteiger partial charge < -0.3 is 9.88 Å². The molecule has 0 aliphatic carbocycles. The zero-order valence-corrected chi connectivity index (χ0v) is 9.51. The summed E-state index contributed by atoms with van der Waals surface area (Å²) in [7, 11) is 0. The second-order valence-corrected chi connectivity index (χ2v) is 4.38. The Morgan fingerprint density at radius 3 is 3.13 bits per heavy atom. The second kappa shape index (κ2) is 4.14. The van der Waals surface area contributed by atoms with Gasteiger partial charge >= 0.3 is 0 Å². The summed E-state index contributed by atoms with van der Waals surface area (Å²) in [6, 6.07) is 2.18. The van der Waals surface area contributed by atoms with Gasteiger partial charge in [0.05, 0.1) is 6.04 Å². The molecule has 80 valence electrons. The van der Waals surface area contributed by atoms with Gasteiger partial charge in [-0.2, -0.15) is 0 Å². The Kier molecular flexibility index (Phi) is 2.86. The Labute approximate surface area is 94.1 Å². The zero-order valence-electron chi connectivity index (χ0n) is 8.69. The van der Waals surface area contributed by atoms with Crippen molar-refractivity contribution in [2.75, 3.05) is 6.54 Å². The number of carbonyl (C=O) groups is 1. The molecule has 1 N–H and O–H groups in total. The SMILES string of the molecule is Cc1cc(=S)[nH]cc1[C@H]1CCCN1C=O. The predicted molar refractivity (Wildman–Crippen MR) is 61.1 cm³/mol. The zero-order chi connectivity index (χ0) is 10.8. The van der Waals surface area contributed by atoms with E-state index in [-0.39, 0.29) is 6.04 Å². The first-order chi connectivity index (χ1) is 7.22. The normalized spacial score (nSPS) is 20.6. The van der Waals surface area contributed by atoms with Crippen molar-refractivity contribution in [3.63, 3.8) is 0 Å². The van der Waals surface area contributed by atoms with Crippen LogP contribution in [-0.2, 0) is 4.79 Å². The van der Waals surface area contributed by atoms with Crippen LogP contribution >= 0.6 is 12.2 Å². The van der Waals surface area contributed by atoms with Gasteiger partial charge in [-0.25, -0.2) is 0 Å². The van der Waals surface area contributed by atoms with E-state index < -0.39 is 0 Å². The second-order valence-electron chi connectivity index (χ2n) is 3.94. The molecule has 0 spiro atoms. The Hall–Kier alpha value is -1.16. The fourth-order valence-electron chi connectivity index (χ4n) is 2.19. The molecule has 15 heavy (non-hydrogen) atoms. The van der Waals surface area contributed by atoms with Crippen molar-refractivity contribution < 1.29 is 4.79 Å². The molecule has 1 aromatic heterocycles. The first-order valence-electron chi connectivity index (χ1n) is 5.12. The van der Waals surface area contributed by atoms with E-state index in [4.69, 9.17) is 12.2 Å². The maximum Gasteiger partial charge on any atom is 0.210 e. The van der Waals surface area contributed by atoms with Crippen molar-refractivity contribution in [3.05, 3.63) is 28.0 Å². The number of nitrogens with one attached hydrogen (secondary N) is 1. The van der Waals surface area contributed by atoms with E-state index in [1.165, 1.54) is 5.56 Å². The van der Waals surface area contributed by atoms with Crippen LogP contribution in [0.5, 0.6) is 0 Å². The number of carbonyl (C=O) groups excluding carboxylic acids is 1. The third kappa shape index (κ3) is 1.95. The Balaban J connectivity index is 2.36. The summed E-state index contributed by atoms with van der Waals surface area (Å²) in [6.45, 7) is 2.91. The lowest BCUT2D eigenvalue weighted by atomic mass is 10.0. The molecule has 0 saturated carbocycles. The average Bonchev–Trinajstić information content (AvgIpc) is 2.65. The average molecular weight is 222 g/mol. The molecule has 1 fully saturated rings. The lowest BCUT2D eigenvalue weighted by Gasteiger charge is -2.21. The summed E-state index contributed by atoms with van der Waals surface area (Å²) >= 11 is 5.05. The predicted octanol–water partition coefficient (Wildman–Crippen LogP) is 2.35. The number of pyridine rings is 1. The summed E-state index contributed by atoms with van der Waals surface area (Å²) in [4.78, 5) is 15.8. The standard InChI is InChI=1S/C11H14N2OS/c1-8-5-11(15)12-6-9(8)10-3-2-4-13(10)7-14/h5-7,10H,2-4H2,1H3,(H,12,15)/t10-/m1/s1. The van der Waals surface area contributed by atoms with E-state index in [0.717, 1.165) is 36.0 Å². The molecule has 1 aliphatic heterocycles. The van der Waals surface area contributed by atoms with Crippen LogP contribution in [0.25, 0.3) is 0 Å². The topological polar surface area (TPSA) is 36.1 Å². The van der Waals surface area contributed by atoms with Crippen LogP contribution in [-0.4, -0.2) is 22.8 Å². The van der Waals surface area contributed by atoms with Crippen molar-refractivity contribution >= 4 is 18.6 Å². The van der Waals surface area contributed by atoms with Gasteiger partial charge in [-0.3, -0.25) is 4.79 Å². The molecule has 1 amide bonds. The van der Waals surface area contributed by atoms with Gasteiger partial charge in [0.2, 0.25) is 6.41 Å². The molecule has 4 heteroatoms. The summed E-state index contributed by atoms with van der Waals surface area (Å²) in [5.41, 5.74) is 2.35. The smallest absolute Gasteiger partial charge is 0.210 e. The lowest BCUT2D eigenvalue weighted by molar-refractivity contribution is -0.118. The van der Waals surface area contributed by atoms with Gasteiger partial charge in [0.1, 0.15) is 4.64 Å². The minimum Gasteiger partial charge on any atom is -0.353 e. The molecule has 2 heterocycles. The fraction of sp³-hybridized carbons (Fsp3) is 0.455. The molecule has 1 aromatic rings. The molecule has 0 bridgehead atoms. The number of hydrogen-bond acceptors (Lipinski definition) is 2. The van der Waals surface area contributed by atoms with E-state index >= 15 is 0 Å². The van der Waals surface area contributed by atoms with Crippen LogP contribution in [0.2, 0.25) is 0 Å².